The van der Waals surface area contributed by atoms with Gasteiger partial charge in [0.1, 0.15) is 5.82 Å². The Hall–Kier alpha value is -1.72. The maximum absolute atomic E-state index is 12.0. The van der Waals surface area contributed by atoms with E-state index < -0.39 is 18.9 Å². The highest BCUT2D eigenvalue weighted by molar-refractivity contribution is 5.95. The Kier molecular flexibility index (Phi) is 4.21. The van der Waals surface area contributed by atoms with Crippen molar-refractivity contribution in [2.45, 2.75) is 32.6 Å². The molecule has 6 heteroatoms. The van der Waals surface area contributed by atoms with Crippen molar-refractivity contribution in [2.75, 3.05) is 12.3 Å². The number of pyridine rings is 1. The molecule has 0 aromatic carbocycles. The largest absolute Gasteiger partial charge is 0.384 e. The van der Waals surface area contributed by atoms with Crippen molar-refractivity contribution < 1.29 is 13.6 Å². The van der Waals surface area contributed by atoms with Crippen molar-refractivity contribution in [1.82, 2.24) is 10.3 Å². The lowest BCUT2D eigenvalue weighted by molar-refractivity contribution is 0.0891. The van der Waals surface area contributed by atoms with E-state index in [1.807, 2.05) is 20.8 Å². The monoisotopic (exact) mass is 257 g/mol. The van der Waals surface area contributed by atoms with Crippen molar-refractivity contribution >= 4 is 11.7 Å². The average molecular weight is 257 g/mol. The Bertz CT molecular complexity index is 441. The molecule has 3 N–H and O–H groups in total. The van der Waals surface area contributed by atoms with E-state index in [1.165, 1.54) is 6.07 Å². The van der Waals surface area contributed by atoms with E-state index in [1.54, 1.807) is 6.07 Å². The number of hydrogen-bond donors (Lipinski definition) is 2. The van der Waals surface area contributed by atoms with Gasteiger partial charge in [-0.15, -0.1) is 0 Å². The van der Waals surface area contributed by atoms with Crippen LogP contribution in [0.3, 0.4) is 0 Å². The van der Waals surface area contributed by atoms with E-state index in [4.69, 9.17) is 5.73 Å². The summed E-state index contributed by atoms with van der Waals surface area (Å²) in [6.07, 6.45) is -2.57. The molecule has 100 valence electrons. The molecule has 0 fully saturated rings. The summed E-state index contributed by atoms with van der Waals surface area (Å²) >= 11 is 0. The van der Waals surface area contributed by atoms with Gasteiger partial charge in [0.05, 0.1) is 6.54 Å². The summed E-state index contributed by atoms with van der Waals surface area (Å²) in [5.74, 6) is -0.375. The van der Waals surface area contributed by atoms with E-state index in [9.17, 15) is 13.6 Å². The van der Waals surface area contributed by atoms with Crippen LogP contribution in [0.15, 0.2) is 12.1 Å². The van der Waals surface area contributed by atoms with Crippen LogP contribution in [0.25, 0.3) is 0 Å². The Morgan fingerprint density at radius 3 is 2.56 bits per heavy atom. The smallest absolute Gasteiger partial charge is 0.255 e. The van der Waals surface area contributed by atoms with E-state index in [2.05, 4.69) is 10.3 Å². The molecule has 4 nitrogen and oxygen atoms in total. The van der Waals surface area contributed by atoms with Gasteiger partial charge in [-0.05, 0) is 12.1 Å². The number of rotatable bonds is 3. The van der Waals surface area contributed by atoms with E-state index in [-0.39, 0.29) is 16.8 Å². The standard InChI is InChI=1S/C12H17F2N3O/c1-12(2,3)8-4-7(5-10(15)17-8)11(18)16-6-9(13)14/h4-5,9H,6H2,1-3H3,(H2,15,17)(H,16,18). The molecule has 0 unspecified atom stereocenters. The zero-order chi connectivity index (χ0) is 13.9. The van der Waals surface area contributed by atoms with Crippen LogP contribution >= 0.6 is 0 Å². The highest BCUT2D eigenvalue weighted by Gasteiger charge is 2.19. The number of carbonyl (C=O) groups excluding carboxylic acids is 1. The minimum absolute atomic E-state index is 0.199. The summed E-state index contributed by atoms with van der Waals surface area (Å²) in [6.45, 7) is 5.10. The molecule has 18 heavy (non-hydrogen) atoms. The minimum atomic E-state index is -2.57. The molecule has 0 spiro atoms. The number of aromatic nitrogens is 1. The van der Waals surface area contributed by atoms with E-state index >= 15 is 0 Å². The van der Waals surface area contributed by atoms with Crippen molar-refractivity contribution in [3.05, 3.63) is 23.4 Å². The van der Waals surface area contributed by atoms with Gasteiger partial charge < -0.3 is 11.1 Å². The van der Waals surface area contributed by atoms with Crippen molar-refractivity contribution in [2.24, 2.45) is 0 Å². The average Bonchev–Trinajstić information content (AvgIpc) is 2.23. The summed E-state index contributed by atoms with van der Waals surface area (Å²) in [5, 5.41) is 2.13. The molecule has 0 aliphatic carbocycles. The summed E-state index contributed by atoms with van der Waals surface area (Å²) in [7, 11) is 0. The Balaban J connectivity index is 2.96. The lowest BCUT2D eigenvalue weighted by Gasteiger charge is -2.19. The Morgan fingerprint density at radius 1 is 1.44 bits per heavy atom. The van der Waals surface area contributed by atoms with Crippen molar-refractivity contribution in [1.29, 1.82) is 0 Å². The second kappa shape index (κ2) is 5.29. The molecule has 1 aromatic rings. The molecule has 1 amide bonds. The Labute approximate surface area is 105 Å². The fraction of sp³-hybridized carbons (Fsp3) is 0.500. The van der Waals surface area contributed by atoms with Gasteiger partial charge in [-0.2, -0.15) is 0 Å². The van der Waals surface area contributed by atoms with Gasteiger partial charge in [0.2, 0.25) is 0 Å². The number of amides is 1. The number of nitrogens with two attached hydrogens (primary N) is 1. The molecule has 0 aliphatic rings. The van der Waals surface area contributed by atoms with Crippen LogP contribution in [0.4, 0.5) is 14.6 Å². The summed E-state index contributed by atoms with van der Waals surface area (Å²) in [5.41, 5.74) is 6.23. The van der Waals surface area contributed by atoms with Crippen LogP contribution in [0, 0.1) is 0 Å². The predicted molar refractivity (Wildman–Crippen MR) is 65.7 cm³/mol. The number of alkyl halides is 2. The number of nitrogen functional groups attached to an aromatic ring is 1. The van der Waals surface area contributed by atoms with Gasteiger partial charge in [0.25, 0.3) is 12.3 Å². The summed E-state index contributed by atoms with van der Waals surface area (Å²) in [6, 6.07) is 2.94. The van der Waals surface area contributed by atoms with Crippen LogP contribution in [0.1, 0.15) is 36.8 Å². The Morgan fingerprint density at radius 2 is 2.06 bits per heavy atom. The molecule has 0 saturated carbocycles. The molecule has 1 heterocycles. The maximum Gasteiger partial charge on any atom is 0.255 e. The molecule has 0 radical (unpaired) electrons. The fourth-order valence-corrected chi connectivity index (χ4v) is 1.34. The number of anilines is 1. The zero-order valence-corrected chi connectivity index (χ0v) is 10.6. The minimum Gasteiger partial charge on any atom is -0.384 e. The van der Waals surface area contributed by atoms with Gasteiger partial charge in [0.15, 0.2) is 0 Å². The lowest BCUT2D eigenvalue weighted by Crippen LogP contribution is -2.29. The van der Waals surface area contributed by atoms with Crippen LogP contribution in [-0.2, 0) is 5.41 Å². The molecule has 1 rings (SSSR count). The number of nitrogens with one attached hydrogen (secondary N) is 1. The molecule has 0 atom stereocenters. The van der Waals surface area contributed by atoms with Crippen LogP contribution in [0.2, 0.25) is 0 Å². The summed E-state index contributed by atoms with van der Waals surface area (Å²) in [4.78, 5) is 15.8. The van der Waals surface area contributed by atoms with E-state index in [0.717, 1.165) is 0 Å². The number of carbonyl (C=O) groups is 1. The van der Waals surface area contributed by atoms with E-state index in [0.29, 0.717) is 5.69 Å². The number of nitrogens with zero attached hydrogens (tertiary/aromatic N) is 1. The second-order valence-corrected chi connectivity index (χ2v) is 5.02. The molecular weight excluding hydrogens is 240 g/mol. The third kappa shape index (κ3) is 3.94. The molecule has 1 aromatic heterocycles. The van der Waals surface area contributed by atoms with Crippen molar-refractivity contribution in [3.8, 4) is 0 Å². The zero-order valence-electron chi connectivity index (χ0n) is 10.6. The highest BCUT2D eigenvalue weighted by atomic mass is 19.3. The maximum atomic E-state index is 12.0. The number of halogens is 2. The SMILES string of the molecule is CC(C)(C)c1cc(C(=O)NCC(F)F)cc(N)n1. The topological polar surface area (TPSA) is 68.0 Å². The third-order valence-electron chi connectivity index (χ3n) is 2.29. The first-order chi connectivity index (χ1) is 8.20. The first-order valence-electron chi connectivity index (χ1n) is 5.54. The fourth-order valence-electron chi connectivity index (χ4n) is 1.34. The van der Waals surface area contributed by atoms with Gasteiger partial charge >= 0.3 is 0 Å². The number of hydrogen-bond acceptors (Lipinski definition) is 3. The molecule has 0 saturated heterocycles. The van der Waals surface area contributed by atoms with Gasteiger partial charge in [0, 0.05) is 16.7 Å². The predicted octanol–water partition coefficient (Wildman–Crippen LogP) is 1.96. The second-order valence-electron chi connectivity index (χ2n) is 5.02. The lowest BCUT2D eigenvalue weighted by atomic mass is 9.90. The summed E-state index contributed by atoms with van der Waals surface area (Å²) < 4.78 is 24.0. The van der Waals surface area contributed by atoms with Crippen LogP contribution < -0.4 is 11.1 Å². The van der Waals surface area contributed by atoms with Gasteiger partial charge in [-0.1, -0.05) is 20.8 Å². The van der Waals surface area contributed by atoms with Gasteiger partial charge in [-0.25, -0.2) is 13.8 Å². The molecule has 0 bridgehead atoms. The third-order valence-corrected chi connectivity index (χ3v) is 2.29. The van der Waals surface area contributed by atoms with Crippen LogP contribution in [0.5, 0.6) is 0 Å². The van der Waals surface area contributed by atoms with Crippen molar-refractivity contribution in [3.63, 3.8) is 0 Å². The first kappa shape index (κ1) is 14.3. The van der Waals surface area contributed by atoms with Crippen LogP contribution in [-0.4, -0.2) is 23.9 Å². The molecule has 0 aliphatic heterocycles. The quantitative estimate of drug-likeness (QED) is 0.869. The first-order valence-corrected chi connectivity index (χ1v) is 5.54. The highest BCUT2D eigenvalue weighted by Crippen LogP contribution is 2.22. The normalized spacial score (nSPS) is 11.7. The van der Waals surface area contributed by atoms with Gasteiger partial charge in [-0.3, -0.25) is 4.79 Å². The molecular formula is C12H17F2N3O.